The Morgan fingerprint density at radius 2 is 1.96 bits per heavy atom. The maximum absolute atomic E-state index is 12.0. The zero-order valence-corrected chi connectivity index (χ0v) is 13.9. The fraction of sp³-hybridized carbons (Fsp3) is 0.294. The van der Waals surface area contributed by atoms with Crippen molar-refractivity contribution in [3.05, 3.63) is 40.6 Å². The summed E-state index contributed by atoms with van der Waals surface area (Å²) in [6.45, 7) is 0. The fourth-order valence-corrected chi connectivity index (χ4v) is 2.79. The molecule has 23 heavy (non-hydrogen) atoms. The third-order valence-corrected chi connectivity index (χ3v) is 4.20. The molecule has 6 heteroatoms. The van der Waals surface area contributed by atoms with E-state index in [0.717, 1.165) is 4.88 Å². The van der Waals surface area contributed by atoms with E-state index in [1.165, 1.54) is 18.4 Å². The molecule has 122 valence electrons. The topological polar surface area (TPSA) is 64.6 Å². The van der Waals surface area contributed by atoms with Crippen molar-refractivity contribution in [3.8, 4) is 11.5 Å². The highest BCUT2D eigenvalue weighted by molar-refractivity contribution is 7.12. The number of ketones is 1. The normalized spacial score (nSPS) is 10.2. The molecule has 0 atom stereocenters. The number of rotatable bonds is 8. The first-order chi connectivity index (χ1) is 11.1. The maximum atomic E-state index is 12.0. The standard InChI is InChI=1S/C17H19NO4S/c1-21-12-8-9-15(22-2)13(11-12)18-17(20)7-3-5-14(19)16-6-4-10-23-16/h4,6,8-11H,3,5,7H2,1-2H3,(H,18,20). The number of amides is 1. The molecule has 1 N–H and O–H groups in total. The lowest BCUT2D eigenvalue weighted by atomic mass is 10.1. The Hall–Kier alpha value is -2.34. The van der Waals surface area contributed by atoms with Gasteiger partial charge in [-0.05, 0) is 30.0 Å². The Bertz CT molecular complexity index is 667. The van der Waals surface area contributed by atoms with Gasteiger partial charge in [-0.25, -0.2) is 0 Å². The second kappa shape index (κ2) is 8.33. The first-order valence-corrected chi connectivity index (χ1v) is 8.10. The molecule has 0 aliphatic carbocycles. The van der Waals surface area contributed by atoms with Crippen LogP contribution in [-0.2, 0) is 4.79 Å². The van der Waals surface area contributed by atoms with Gasteiger partial charge in [-0.2, -0.15) is 0 Å². The van der Waals surface area contributed by atoms with Crippen molar-refractivity contribution in [2.75, 3.05) is 19.5 Å². The number of thiophene rings is 1. The quantitative estimate of drug-likeness (QED) is 0.747. The summed E-state index contributed by atoms with van der Waals surface area (Å²) in [5.74, 6) is 1.12. The molecule has 0 fully saturated rings. The molecule has 0 aliphatic rings. The molecule has 0 bridgehead atoms. The van der Waals surface area contributed by atoms with E-state index >= 15 is 0 Å². The van der Waals surface area contributed by atoms with Crippen LogP contribution in [0.5, 0.6) is 11.5 Å². The molecule has 0 unspecified atom stereocenters. The van der Waals surface area contributed by atoms with Gasteiger partial charge >= 0.3 is 0 Å². The third-order valence-electron chi connectivity index (χ3n) is 3.28. The number of methoxy groups -OCH3 is 2. The Morgan fingerprint density at radius 1 is 1.13 bits per heavy atom. The zero-order valence-electron chi connectivity index (χ0n) is 13.1. The van der Waals surface area contributed by atoms with Crippen molar-refractivity contribution in [2.45, 2.75) is 19.3 Å². The van der Waals surface area contributed by atoms with E-state index in [-0.39, 0.29) is 18.1 Å². The van der Waals surface area contributed by atoms with Gasteiger partial charge in [-0.1, -0.05) is 6.07 Å². The zero-order chi connectivity index (χ0) is 16.7. The number of benzene rings is 1. The minimum absolute atomic E-state index is 0.0757. The Kier molecular flexibility index (Phi) is 6.17. The van der Waals surface area contributed by atoms with Crippen molar-refractivity contribution in [1.29, 1.82) is 0 Å². The van der Waals surface area contributed by atoms with Crippen molar-refractivity contribution in [2.24, 2.45) is 0 Å². The molecule has 0 saturated carbocycles. The predicted molar refractivity (Wildman–Crippen MR) is 90.7 cm³/mol. The molecule has 1 aromatic heterocycles. The predicted octanol–water partition coefficient (Wildman–Crippen LogP) is 3.76. The van der Waals surface area contributed by atoms with E-state index in [1.54, 1.807) is 31.4 Å². The number of ether oxygens (including phenoxy) is 2. The molecule has 2 rings (SSSR count). The molecule has 0 saturated heterocycles. The van der Waals surface area contributed by atoms with E-state index in [2.05, 4.69) is 5.32 Å². The van der Waals surface area contributed by atoms with Gasteiger partial charge in [0, 0.05) is 18.9 Å². The molecular formula is C17H19NO4S. The van der Waals surface area contributed by atoms with Crippen molar-refractivity contribution < 1.29 is 19.1 Å². The number of nitrogens with one attached hydrogen (secondary N) is 1. The molecular weight excluding hydrogens is 314 g/mol. The summed E-state index contributed by atoms with van der Waals surface area (Å²) in [6.07, 6.45) is 1.15. The highest BCUT2D eigenvalue weighted by atomic mass is 32.1. The first kappa shape index (κ1) is 17.0. The van der Waals surface area contributed by atoms with Gasteiger partial charge < -0.3 is 14.8 Å². The minimum Gasteiger partial charge on any atom is -0.497 e. The van der Waals surface area contributed by atoms with Crippen LogP contribution in [0, 0.1) is 0 Å². The van der Waals surface area contributed by atoms with Crippen LogP contribution >= 0.6 is 11.3 Å². The van der Waals surface area contributed by atoms with Crippen LogP contribution in [0.15, 0.2) is 35.7 Å². The molecule has 2 aromatic rings. The Labute approximate surface area is 139 Å². The number of anilines is 1. The van der Waals surface area contributed by atoms with Gasteiger partial charge in [0.05, 0.1) is 24.8 Å². The summed E-state index contributed by atoms with van der Waals surface area (Å²) in [5.41, 5.74) is 0.557. The van der Waals surface area contributed by atoms with E-state index < -0.39 is 0 Å². The van der Waals surface area contributed by atoms with Gasteiger partial charge in [0.1, 0.15) is 11.5 Å². The first-order valence-electron chi connectivity index (χ1n) is 7.22. The summed E-state index contributed by atoms with van der Waals surface area (Å²) in [6, 6.07) is 8.84. The average Bonchev–Trinajstić information content (AvgIpc) is 3.09. The molecule has 0 radical (unpaired) electrons. The number of carbonyl (C=O) groups excluding carboxylic acids is 2. The largest absolute Gasteiger partial charge is 0.497 e. The van der Waals surface area contributed by atoms with Crippen LogP contribution in [0.4, 0.5) is 5.69 Å². The van der Waals surface area contributed by atoms with Gasteiger partial charge in [-0.3, -0.25) is 9.59 Å². The Balaban J connectivity index is 1.86. The van der Waals surface area contributed by atoms with E-state index in [0.29, 0.717) is 30.0 Å². The van der Waals surface area contributed by atoms with Gasteiger partial charge in [0.15, 0.2) is 5.78 Å². The van der Waals surface area contributed by atoms with Crippen LogP contribution in [0.2, 0.25) is 0 Å². The van der Waals surface area contributed by atoms with Gasteiger partial charge in [0.2, 0.25) is 5.91 Å². The molecule has 1 heterocycles. The van der Waals surface area contributed by atoms with E-state index in [4.69, 9.17) is 9.47 Å². The molecule has 5 nitrogen and oxygen atoms in total. The molecule has 1 aromatic carbocycles. The summed E-state index contributed by atoms with van der Waals surface area (Å²) in [4.78, 5) is 24.6. The van der Waals surface area contributed by atoms with Crippen LogP contribution < -0.4 is 14.8 Å². The summed E-state index contributed by atoms with van der Waals surface area (Å²) in [5, 5.41) is 4.66. The van der Waals surface area contributed by atoms with Gasteiger partial charge in [-0.15, -0.1) is 11.3 Å². The number of hydrogen-bond donors (Lipinski definition) is 1. The van der Waals surface area contributed by atoms with Gasteiger partial charge in [0.25, 0.3) is 0 Å². The van der Waals surface area contributed by atoms with Crippen LogP contribution in [0.25, 0.3) is 0 Å². The monoisotopic (exact) mass is 333 g/mol. The number of carbonyl (C=O) groups is 2. The maximum Gasteiger partial charge on any atom is 0.224 e. The summed E-state index contributed by atoms with van der Waals surface area (Å²) >= 11 is 1.42. The highest BCUT2D eigenvalue weighted by Crippen LogP contribution is 2.29. The third kappa shape index (κ3) is 4.82. The van der Waals surface area contributed by atoms with Crippen LogP contribution in [0.3, 0.4) is 0 Å². The van der Waals surface area contributed by atoms with Crippen LogP contribution in [0.1, 0.15) is 28.9 Å². The fourth-order valence-electron chi connectivity index (χ4n) is 2.09. The van der Waals surface area contributed by atoms with Crippen molar-refractivity contribution in [1.82, 2.24) is 0 Å². The lowest BCUT2D eigenvalue weighted by molar-refractivity contribution is -0.116. The SMILES string of the molecule is COc1ccc(OC)c(NC(=O)CCCC(=O)c2cccs2)c1. The minimum atomic E-state index is -0.157. The smallest absolute Gasteiger partial charge is 0.224 e. The second-order valence-electron chi connectivity index (χ2n) is 4.87. The lowest BCUT2D eigenvalue weighted by Crippen LogP contribution is -2.12. The summed E-state index contributed by atoms with van der Waals surface area (Å²) < 4.78 is 10.4. The van der Waals surface area contributed by atoms with Crippen molar-refractivity contribution in [3.63, 3.8) is 0 Å². The Morgan fingerprint density at radius 3 is 2.61 bits per heavy atom. The summed E-state index contributed by atoms with van der Waals surface area (Å²) in [7, 11) is 3.10. The molecule has 1 amide bonds. The van der Waals surface area contributed by atoms with E-state index in [1.807, 2.05) is 11.4 Å². The second-order valence-corrected chi connectivity index (χ2v) is 5.82. The molecule has 0 aliphatic heterocycles. The lowest BCUT2D eigenvalue weighted by Gasteiger charge is -2.11. The molecule has 0 spiro atoms. The average molecular weight is 333 g/mol. The van der Waals surface area contributed by atoms with E-state index in [9.17, 15) is 9.59 Å². The number of hydrogen-bond acceptors (Lipinski definition) is 5. The number of Topliss-reactive ketones (excluding diaryl/α,β-unsaturated/α-hetero) is 1. The highest BCUT2D eigenvalue weighted by Gasteiger charge is 2.11. The van der Waals surface area contributed by atoms with Crippen LogP contribution in [-0.4, -0.2) is 25.9 Å². The van der Waals surface area contributed by atoms with Crippen molar-refractivity contribution >= 4 is 28.7 Å².